The van der Waals surface area contributed by atoms with Gasteiger partial charge in [-0.2, -0.15) is 0 Å². The summed E-state index contributed by atoms with van der Waals surface area (Å²) < 4.78 is 0. The van der Waals surface area contributed by atoms with Gasteiger partial charge in [-0.15, -0.1) is 0 Å². The van der Waals surface area contributed by atoms with E-state index in [1.165, 1.54) is 0 Å². The highest BCUT2D eigenvalue weighted by Crippen LogP contribution is 2.06. The van der Waals surface area contributed by atoms with Gasteiger partial charge in [-0.25, -0.2) is 0 Å². The van der Waals surface area contributed by atoms with E-state index in [2.05, 4.69) is 4.98 Å². The lowest BCUT2D eigenvalue weighted by molar-refractivity contribution is 0.112. The van der Waals surface area contributed by atoms with Crippen LogP contribution in [0.15, 0.2) is 18.3 Å². The van der Waals surface area contributed by atoms with E-state index in [9.17, 15) is 4.79 Å². The van der Waals surface area contributed by atoms with Gasteiger partial charge < -0.3 is 11.5 Å². The van der Waals surface area contributed by atoms with Crippen LogP contribution >= 0.6 is 0 Å². The summed E-state index contributed by atoms with van der Waals surface area (Å²) in [4.78, 5) is 14.4. The Balaban J connectivity index is 2.93. The van der Waals surface area contributed by atoms with Crippen molar-refractivity contribution in [1.29, 1.82) is 0 Å². The van der Waals surface area contributed by atoms with Crippen molar-refractivity contribution in [1.82, 2.24) is 4.98 Å². The molecular weight excluding hydrogens is 154 g/mol. The number of hydrogen-bond donors (Lipinski definition) is 2. The van der Waals surface area contributed by atoms with Gasteiger partial charge in [0.15, 0.2) is 0 Å². The SMILES string of the molecule is NC[C@@H](N)c1cc(C=O)ccn1. The molecule has 1 aromatic heterocycles. The third-order valence-corrected chi connectivity index (χ3v) is 1.58. The maximum atomic E-state index is 10.4. The number of aldehydes is 1. The van der Waals surface area contributed by atoms with Gasteiger partial charge in [-0.1, -0.05) is 0 Å². The summed E-state index contributed by atoms with van der Waals surface area (Å²) in [7, 11) is 0. The van der Waals surface area contributed by atoms with Crippen molar-refractivity contribution in [2.75, 3.05) is 6.54 Å². The molecule has 0 aliphatic rings. The van der Waals surface area contributed by atoms with Crippen molar-refractivity contribution < 1.29 is 4.79 Å². The molecule has 0 saturated heterocycles. The number of nitrogens with two attached hydrogens (primary N) is 2. The van der Waals surface area contributed by atoms with Crippen LogP contribution in [-0.2, 0) is 0 Å². The van der Waals surface area contributed by atoms with Crippen molar-refractivity contribution in [3.63, 3.8) is 0 Å². The summed E-state index contributed by atoms with van der Waals surface area (Å²) in [6, 6.07) is 2.98. The summed E-state index contributed by atoms with van der Waals surface area (Å²) in [5.74, 6) is 0. The molecule has 1 aromatic rings. The van der Waals surface area contributed by atoms with Gasteiger partial charge in [0.25, 0.3) is 0 Å². The molecule has 0 aromatic carbocycles. The highest BCUT2D eigenvalue weighted by molar-refractivity contribution is 5.74. The largest absolute Gasteiger partial charge is 0.329 e. The third-order valence-electron chi connectivity index (χ3n) is 1.58. The van der Waals surface area contributed by atoms with E-state index in [1.807, 2.05) is 0 Å². The Hall–Kier alpha value is -1.26. The molecule has 0 saturated carbocycles. The number of pyridine rings is 1. The average Bonchev–Trinajstić information content (AvgIpc) is 2.17. The van der Waals surface area contributed by atoms with Gasteiger partial charge in [-0.05, 0) is 12.1 Å². The molecule has 0 aliphatic carbocycles. The molecule has 0 aliphatic heterocycles. The van der Waals surface area contributed by atoms with E-state index in [-0.39, 0.29) is 6.04 Å². The van der Waals surface area contributed by atoms with Crippen LogP contribution in [0.5, 0.6) is 0 Å². The van der Waals surface area contributed by atoms with Gasteiger partial charge in [-0.3, -0.25) is 9.78 Å². The second kappa shape index (κ2) is 3.94. The van der Waals surface area contributed by atoms with E-state index in [0.717, 1.165) is 6.29 Å². The molecule has 0 spiro atoms. The van der Waals surface area contributed by atoms with Crippen LogP contribution in [0, 0.1) is 0 Å². The zero-order valence-electron chi connectivity index (χ0n) is 6.60. The Labute approximate surface area is 70.6 Å². The fraction of sp³-hybridized carbons (Fsp3) is 0.250. The molecule has 0 unspecified atom stereocenters. The Morgan fingerprint density at radius 2 is 2.42 bits per heavy atom. The molecule has 1 atom stereocenters. The molecule has 0 amide bonds. The molecule has 4 heteroatoms. The smallest absolute Gasteiger partial charge is 0.150 e. The molecule has 0 fully saturated rings. The fourth-order valence-electron chi connectivity index (χ4n) is 0.862. The van der Waals surface area contributed by atoms with Gasteiger partial charge in [0, 0.05) is 18.3 Å². The van der Waals surface area contributed by atoms with Crippen molar-refractivity contribution in [3.8, 4) is 0 Å². The number of rotatable bonds is 3. The van der Waals surface area contributed by atoms with Crippen LogP contribution in [0.1, 0.15) is 22.1 Å². The van der Waals surface area contributed by atoms with E-state index in [0.29, 0.717) is 17.8 Å². The van der Waals surface area contributed by atoms with Crippen molar-refractivity contribution in [3.05, 3.63) is 29.6 Å². The van der Waals surface area contributed by atoms with Gasteiger partial charge in [0.1, 0.15) is 6.29 Å². The van der Waals surface area contributed by atoms with Crippen molar-refractivity contribution in [2.24, 2.45) is 11.5 Å². The second-order valence-corrected chi connectivity index (χ2v) is 2.47. The van der Waals surface area contributed by atoms with E-state index >= 15 is 0 Å². The summed E-state index contributed by atoms with van der Waals surface area (Å²) in [5, 5.41) is 0. The minimum atomic E-state index is -0.287. The molecule has 64 valence electrons. The van der Waals surface area contributed by atoms with Crippen molar-refractivity contribution >= 4 is 6.29 Å². The molecule has 4 nitrogen and oxygen atoms in total. The van der Waals surface area contributed by atoms with Crippen LogP contribution in [0.2, 0.25) is 0 Å². The normalized spacial score (nSPS) is 12.5. The lowest BCUT2D eigenvalue weighted by Crippen LogP contribution is -2.21. The molecule has 1 heterocycles. The van der Waals surface area contributed by atoms with E-state index in [1.54, 1.807) is 18.3 Å². The zero-order valence-corrected chi connectivity index (χ0v) is 6.60. The standard InChI is InChI=1S/C8H11N3O/c9-4-7(10)8-3-6(5-12)1-2-11-8/h1-3,5,7H,4,9-10H2/t7-/m1/s1. The molecular formula is C8H11N3O. The third kappa shape index (κ3) is 1.87. The van der Waals surface area contributed by atoms with E-state index < -0.39 is 0 Å². The van der Waals surface area contributed by atoms with Gasteiger partial charge in [0.05, 0.1) is 11.7 Å². The number of nitrogens with zero attached hydrogens (tertiary/aromatic N) is 1. The number of carbonyl (C=O) groups is 1. The minimum Gasteiger partial charge on any atom is -0.329 e. The summed E-state index contributed by atoms with van der Waals surface area (Å²) in [5.41, 5.74) is 12.2. The topological polar surface area (TPSA) is 82.0 Å². The predicted octanol–water partition coefficient (Wildman–Crippen LogP) is -0.147. The first kappa shape index (κ1) is 8.83. The monoisotopic (exact) mass is 165 g/mol. The average molecular weight is 165 g/mol. The second-order valence-electron chi connectivity index (χ2n) is 2.47. The molecule has 12 heavy (non-hydrogen) atoms. The Morgan fingerprint density at radius 1 is 1.67 bits per heavy atom. The highest BCUT2D eigenvalue weighted by Gasteiger charge is 2.04. The van der Waals surface area contributed by atoms with Crippen LogP contribution < -0.4 is 11.5 Å². The predicted molar refractivity (Wildman–Crippen MR) is 45.6 cm³/mol. The zero-order chi connectivity index (χ0) is 8.97. The molecule has 0 radical (unpaired) electrons. The van der Waals surface area contributed by atoms with Gasteiger partial charge in [0.2, 0.25) is 0 Å². The number of aromatic nitrogens is 1. The quantitative estimate of drug-likeness (QED) is 0.610. The first-order valence-corrected chi connectivity index (χ1v) is 3.64. The van der Waals surface area contributed by atoms with Crippen LogP contribution in [0.25, 0.3) is 0 Å². The molecule has 1 rings (SSSR count). The summed E-state index contributed by atoms with van der Waals surface area (Å²) in [6.45, 7) is 0.329. The maximum Gasteiger partial charge on any atom is 0.150 e. The van der Waals surface area contributed by atoms with Crippen LogP contribution in [0.3, 0.4) is 0 Å². The molecule has 0 bridgehead atoms. The first-order valence-electron chi connectivity index (χ1n) is 3.64. The molecule has 4 N–H and O–H groups in total. The number of hydrogen-bond acceptors (Lipinski definition) is 4. The summed E-state index contributed by atoms with van der Waals surface area (Å²) >= 11 is 0. The van der Waals surface area contributed by atoms with Gasteiger partial charge >= 0.3 is 0 Å². The summed E-state index contributed by atoms with van der Waals surface area (Å²) in [6.07, 6.45) is 2.31. The highest BCUT2D eigenvalue weighted by atomic mass is 16.1. The first-order chi connectivity index (χ1) is 5.77. The van der Waals surface area contributed by atoms with Crippen LogP contribution in [-0.4, -0.2) is 17.8 Å². The fourth-order valence-corrected chi connectivity index (χ4v) is 0.862. The van der Waals surface area contributed by atoms with E-state index in [4.69, 9.17) is 11.5 Å². The lowest BCUT2D eigenvalue weighted by atomic mass is 10.1. The number of carbonyl (C=O) groups excluding carboxylic acids is 1. The Morgan fingerprint density at radius 3 is 3.00 bits per heavy atom. The minimum absolute atomic E-state index is 0.287. The Kier molecular flexibility index (Phi) is 2.90. The Bertz CT molecular complexity index is 275. The van der Waals surface area contributed by atoms with Crippen molar-refractivity contribution in [2.45, 2.75) is 6.04 Å². The lowest BCUT2D eigenvalue weighted by Gasteiger charge is -2.07. The van der Waals surface area contributed by atoms with Crippen LogP contribution in [0.4, 0.5) is 0 Å². The maximum absolute atomic E-state index is 10.4.